The first kappa shape index (κ1) is 10.7. The lowest BCUT2D eigenvalue weighted by Gasteiger charge is -2.11. The number of aromatic nitrogens is 2. The van der Waals surface area contributed by atoms with Crippen molar-refractivity contribution in [2.24, 2.45) is 0 Å². The van der Waals surface area contributed by atoms with Crippen molar-refractivity contribution >= 4 is 0 Å². The predicted octanol–water partition coefficient (Wildman–Crippen LogP) is -0.884. The Bertz CT molecular complexity index is 552. The van der Waals surface area contributed by atoms with Crippen LogP contribution in [0.3, 0.4) is 0 Å². The average Bonchev–Trinajstić information content (AvgIpc) is 3.12. The molecule has 1 aromatic heterocycles. The number of epoxide rings is 2. The zero-order chi connectivity index (χ0) is 12.0. The van der Waals surface area contributed by atoms with Gasteiger partial charge in [-0.2, -0.15) is 0 Å². The topological polar surface area (TPSA) is 69.1 Å². The molecular formula is C11H14N2O4. The third-order valence-electron chi connectivity index (χ3n) is 3.06. The van der Waals surface area contributed by atoms with Gasteiger partial charge in [0.05, 0.1) is 38.5 Å². The van der Waals surface area contributed by atoms with Crippen molar-refractivity contribution < 1.29 is 9.47 Å². The van der Waals surface area contributed by atoms with Gasteiger partial charge in [0.2, 0.25) is 0 Å². The van der Waals surface area contributed by atoms with E-state index in [1.807, 2.05) is 0 Å². The van der Waals surface area contributed by atoms with Gasteiger partial charge in [-0.25, -0.2) is 4.79 Å². The van der Waals surface area contributed by atoms with Crippen molar-refractivity contribution in [1.82, 2.24) is 9.13 Å². The van der Waals surface area contributed by atoms with E-state index in [0.29, 0.717) is 32.0 Å². The van der Waals surface area contributed by atoms with Crippen LogP contribution in [-0.2, 0) is 22.6 Å². The fourth-order valence-electron chi connectivity index (χ4n) is 1.87. The molecule has 2 atom stereocenters. The summed E-state index contributed by atoms with van der Waals surface area (Å²) in [6.45, 7) is 3.96. The molecule has 6 heteroatoms. The highest BCUT2D eigenvalue weighted by molar-refractivity contribution is 5.01. The van der Waals surface area contributed by atoms with E-state index in [1.54, 1.807) is 11.5 Å². The average molecular weight is 238 g/mol. The van der Waals surface area contributed by atoms with Crippen LogP contribution >= 0.6 is 0 Å². The number of rotatable bonds is 4. The molecule has 0 aromatic carbocycles. The molecule has 2 aliphatic heterocycles. The first-order valence-corrected chi connectivity index (χ1v) is 5.69. The molecule has 2 unspecified atom stereocenters. The lowest BCUT2D eigenvalue weighted by Crippen LogP contribution is -2.42. The van der Waals surface area contributed by atoms with Gasteiger partial charge in [-0.1, -0.05) is 0 Å². The Hall–Kier alpha value is -1.40. The SMILES string of the molecule is Cc1cc(=O)n(CC2CO2)c(=O)n1CC1CO1. The maximum atomic E-state index is 12.2. The molecule has 2 aliphatic rings. The minimum atomic E-state index is -0.263. The minimum Gasteiger partial charge on any atom is -0.371 e. The van der Waals surface area contributed by atoms with Crippen molar-refractivity contribution in [2.75, 3.05) is 13.2 Å². The normalized spacial score (nSPS) is 25.9. The number of hydrogen-bond donors (Lipinski definition) is 0. The van der Waals surface area contributed by atoms with Crippen molar-refractivity contribution in [3.05, 3.63) is 32.6 Å². The van der Waals surface area contributed by atoms with Crippen LogP contribution in [0.25, 0.3) is 0 Å². The fourth-order valence-corrected chi connectivity index (χ4v) is 1.87. The van der Waals surface area contributed by atoms with Gasteiger partial charge in [0.1, 0.15) is 0 Å². The maximum absolute atomic E-state index is 12.2. The second-order valence-electron chi connectivity index (χ2n) is 4.54. The molecule has 3 heterocycles. The van der Waals surface area contributed by atoms with Gasteiger partial charge < -0.3 is 9.47 Å². The monoisotopic (exact) mass is 238 g/mol. The van der Waals surface area contributed by atoms with Gasteiger partial charge >= 0.3 is 5.69 Å². The lowest BCUT2D eigenvalue weighted by molar-refractivity contribution is 0.358. The summed E-state index contributed by atoms with van der Waals surface area (Å²) in [7, 11) is 0. The third kappa shape index (κ3) is 2.18. The summed E-state index contributed by atoms with van der Waals surface area (Å²) >= 11 is 0. The van der Waals surface area contributed by atoms with Gasteiger partial charge in [-0.15, -0.1) is 0 Å². The van der Waals surface area contributed by atoms with Crippen molar-refractivity contribution in [3.8, 4) is 0 Å². The molecule has 0 spiro atoms. The minimum absolute atomic E-state index is 0.0220. The van der Waals surface area contributed by atoms with Gasteiger partial charge in [0.15, 0.2) is 0 Å². The molecule has 0 saturated carbocycles. The smallest absolute Gasteiger partial charge is 0.331 e. The Morgan fingerprint density at radius 2 is 1.71 bits per heavy atom. The predicted molar refractivity (Wildman–Crippen MR) is 59.2 cm³/mol. The highest BCUT2D eigenvalue weighted by atomic mass is 16.6. The summed E-state index contributed by atoms with van der Waals surface area (Å²) < 4.78 is 13.0. The Morgan fingerprint density at radius 1 is 1.18 bits per heavy atom. The zero-order valence-electron chi connectivity index (χ0n) is 9.59. The second-order valence-corrected chi connectivity index (χ2v) is 4.54. The van der Waals surface area contributed by atoms with Crippen molar-refractivity contribution in [1.29, 1.82) is 0 Å². The lowest BCUT2D eigenvalue weighted by atomic mass is 10.3. The van der Waals surface area contributed by atoms with E-state index in [0.717, 1.165) is 0 Å². The zero-order valence-corrected chi connectivity index (χ0v) is 9.59. The second kappa shape index (κ2) is 3.82. The first-order chi connectivity index (χ1) is 8.15. The first-order valence-electron chi connectivity index (χ1n) is 5.69. The fraction of sp³-hybridized carbons (Fsp3) is 0.636. The van der Waals surface area contributed by atoms with Gasteiger partial charge in [-0.3, -0.25) is 13.9 Å². The van der Waals surface area contributed by atoms with E-state index in [2.05, 4.69) is 0 Å². The van der Waals surface area contributed by atoms with E-state index in [4.69, 9.17) is 9.47 Å². The number of hydrogen-bond acceptors (Lipinski definition) is 4. The van der Waals surface area contributed by atoms with Crippen LogP contribution in [0.5, 0.6) is 0 Å². The highest BCUT2D eigenvalue weighted by Gasteiger charge is 2.27. The molecule has 2 fully saturated rings. The summed E-state index contributed by atoms with van der Waals surface area (Å²) in [5.74, 6) is 0. The Kier molecular flexibility index (Phi) is 2.41. The van der Waals surface area contributed by atoms with E-state index in [9.17, 15) is 9.59 Å². The molecule has 3 rings (SSSR count). The van der Waals surface area contributed by atoms with Crippen molar-refractivity contribution in [2.45, 2.75) is 32.2 Å². The van der Waals surface area contributed by atoms with Gasteiger partial charge in [0.25, 0.3) is 5.56 Å². The standard InChI is InChI=1S/C11H14N2O4/c1-7-2-10(14)13(4-9-6-17-9)11(15)12(7)3-8-5-16-8/h2,8-9H,3-6H2,1H3. The third-order valence-corrected chi connectivity index (χ3v) is 3.06. The highest BCUT2D eigenvalue weighted by Crippen LogP contribution is 2.12. The Labute approximate surface area is 97.4 Å². The quantitative estimate of drug-likeness (QED) is 0.638. The molecule has 0 aliphatic carbocycles. The van der Waals surface area contributed by atoms with Gasteiger partial charge in [-0.05, 0) is 6.92 Å². The number of aryl methyl sites for hydroxylation is 1. The van der Waals surface area contributed by atoms with Crippen LogP contribution in [0.2, 0.25) is 0 Å². The molecular weight excluding hydrogens is 224 g/mol. The molecule has 6 nitrogen and oxygen atoms in total. The summed E-state index contributed by atoms with van der Waals surface area (Å²) in [6.07, 6.45) is 0.142. The molecule has 0 radical (unpaired) electrons. The number of ether oxygens (including phenoxy) is 2. The van der Waals surface area contributed by atoms with Crippen LogP contribution < -0.4 is 11.2 Å². The van der Waals surface area contributed by atoms with Crippen molar-refractivity contribution in [3.63, 3.8) is 0 Å². The molecule has 0 amide bonds. The molecule has 92 valence electrons. The number of nitrogens with zero attached hydrogens (tertiary/aromatic N) is 2. The van der Waals surface area contributed by atoms with E-state index in [1.165, 1.54) is 10.6 Å². The summed E-state index contributed by atoms with van der Waals surface area (Å²) in [5.41, 5.74) is 0.167. The molecule has 17 heavy (non-hydrogen) atoms. The van der Waals surface area contributed by atoms with Crippen LogP contribution in [0.1, 0.15) is 5.69 Å². The summed E-state index contributed by atoms with van der Waals surface area (Å²) in [4.78, 5) is 23.9. The van der Waals surface area contributed by atoms with Crippen LogP contribution in [-0.4, -0.2) is 34.6 Å². The summed E-state index contributed by atoms with van der Waals surface area (Å²) in [6, 6.07) is 1.49. The van der Waals surface area contributed by atoms with Gasteiger partial charge in [0, 0.05) is 11.8 Å². The Morgan fingerprint density at radius 3 is 2.24 bits per heavy atom. The maximum Gasteiger partial charge on any atom is 0.331 e. The van der Waals surface area contributed by atoms with Crippen LogP contribution in [0, 0.1) is 6.92 Å². The van der Waals surface area contributed by atoms with Crippen LogP contribution in [0.4, 0.5) is 0 Å². The van der Waals surface area contributed by atoms with E-state index in [-0.39, 0.29) is 23.5 Å². The van der Waals surface area contributed by atoms with E-state index >= 15 is 0 Å². The molecule has 0 bridgehead atoms. The van der Waals surface area contributed by atoms with Crippen LogP contribution in [0.15, 0.2) is 15.7 Å². The Balaban J connectivity index is 2.00. The molecule has 0 N–H and O–H groups in total. The van der Waals surface area contributed by atoms with E-state index < -0.39 is 0 Å². The molecule has 1 aromatic rings. The largest absolute Gasteiger partial charge is 0.371 e. The molecule has 2 saturated heterocycles. The summed E-state index contributed by atoms with van der Waals surface area (Å²) in [5, 5.41) is 0.